The predicted octanol–water partition coefficient (Wildman–Crippen LogP) is 6.13. The molecule has 23 heavy (non-hydrogen) atoms. The van der Waals surface area contributed by atoms with Gasteiger partial charge in [-0.05, 0) is 0 Å². The molecule has 1 aromatic carbocycles. The van der Waals surface area contributed by atoms with Crippen molar-refractivity contribution < 1.29 is 0 Å². The third-order valence-corrected chi connectivity index (χ3v) is 11.5. The Balaban J connectivity index is 3.25. The molecular formula is C20H35N2P. The molecule has 0 atom stereocenters. The fourth-order valence-electron chi connectivity index (χ4n) is 3.70. The monoisotopic (exact) mass is 334 g/mol. The second-order valence-corrected chi connectivity index (χ2v) is 12.9. The molecule has 1 aromatic rings. The van der Waals surface area contributed by atoms with Crippen molar-refractivity contribution in [2.45, 2.75) is 65.5 Å². The van der Waals surface area contributed by atoms with Crippen LogP contribution < -0.4 is 5.09 Å². The van der Waals surface area contributed by atoms with Gasteiger partial charge >= 0.3 is 143 Å². The van der Waals surface area contributed by atoms with Gasteiger partial charge in [0.25, 0.3) is 0 Å². The van der Waals surface area contributed by atoms with E-state index in [0.29, 0.717) is 0 Å². The predicted molar refractivity (Wildman–Crippen MR) is 105 cm³/mol. The molecule has 0 saturated carbocycles. The molecule has 0 bridgehead atoms. The van der Waals surface area contributed by atoms with E-state index in [1.165, 1.54) is 62.6 Å². The standard InChI is InChI=1S/C20H35N2P/c1-4-7-15-23(22-19-21,16-8-5-2,17-9-6-3)18-20-13-11-10-12-14-20/h10-14,22H,4-9,15-18H2,1-3H3. The number of nitrogens with one attached hydrogen (secondary N) is 1. The van der Waals surface area contributed by atoms with Crippen LogP contribution >= 0.6 is 6.75 Å². The summed E-state index contributed by atoms with van der Waals surface area (Å²) in [6.07, 6.45) is 14.4. The molecule has 0 radical (unpaired) electrons. The van der Waals surface area contributed by atoms with Crippen molar-refractivity contribution in [1.82, 2.24) is 5.09 Å². The fraction of sp³-hybridized carbons (Fsp3) is 0.650. The van der Waals surface area contributed by atoms with E-state index in [1.54, 1.807) is 0 Å². The Morgan fingerprint density at radius 3 is 1.74 bits per heavy atom. The number of rotatable bonds is 12. The Morgan fingerprint density at radius 2 is 1.35 bits per heavy atom. The Hall–Kier alpha value is -1.06. The van der Waals surface area contributed by atoms with Crippen LogP contribution in [0.2, 0.25) is 0 Å². The van der Waals surface area contributed by atoms with Crippen LogP contribution in [0.4, 0.5) is 0 Å². The maximum absolute atomic E-state index is 9.61. The summed E-state index contributed by atoms with van der Waals surface area (Å²) >= 11 is 0. The quantitative estimate of drug-likeness (QED) is 0.284. The van der Waals surface area contributed by atoms with Gasteiger partial charge in [0.15, 0.2) is 0 Å². The molecule has 3 heteroatoms. The van der Waals surface area contributed by atoms with Crippen molar-refractivity contribution in [3.8, 4) is 6.19 Å². The first-order chi connectivity index (χ1) is 11.1. The van der Waals surface area contributed by atoms with Crippen LogP contribution in [0, 0.1) is 11.5 Å². The molecule has 0 aliphatic rings. The number of hydrogen-bond donors (Lipinski definition) is 1. The van der Waals surface area contributed by atoms with Gasteiger partial charge in [-0.2, -0.15) is 0 Å². The van der Waals surface area contributed by atoms with Gasteiger partial charge in [-0.15, -0.1) is 0 Å². The van der Waals surface area contributed by atoms with E-state index in [1.807, 2.05) is 0 Å². The topological polar surface area (TPSA) is 35.8 Å². The number of nitrogens with zero attached hydrogens (tertiary/aromatic N) is 1. The van der Waals surface area contributed by atoms with Gasteiger partial charge in [0, 0.05) is 0 Å². The second kappa shape index (κ2) is 9.94. The van der Waals surface area contributed by atoms with Gasteiger partial charge < -0.3 is 0 Å². The fourth-order valence-corrected chi connectivity index (χ4v) is 10.1. The number of hydrogen-bond acceptors (Lipinski definition) is 2. The zero-order valence-corrected chi connectivity index (χ0v) is 16.2. The molecule has 0 aromatic heterocycles. The average molecular weight is 334 g/mol. The first kappa shape index (κ1) is 20.0. The maximum atomic E-state index is 9.61. The summed E-state index contributed by atoms with van der Waals surface area (Å²) in [5.41, 5.74) is 1.40. The number of nitriles is 1. The number of unbranched alkanes of at least 4 members (excludes halogenated alkanes) is 3. The van der Waals surface area contributed by atoms with E-state index in [2.05, 4.69) is 62.4 Å². The van der Waals surface area contributed by atoms with E-state index in [9.17, 15) is 5.26 Å². The molecule has 130 valence electrons. The molecule has 0 heterocycles. The van der Waals surface area contributed by atoms with Crippen LogP contribution in [0.3, 0.4) is 0 Å². The van der Waals surface area contributed by atoms with Crippen LogP contribution in [-0.4, -0.2) is 18.5 Å². The second-order valence-electron chi connectivity index (χ2n) is 7.07. The van der Waals surface area contributed by atoms with Gasteiger partial charge in [0.1, 0.15) is 0 Å². The molecular weight excluding hydrogens is 299 g/mol. The molecule has 1 rings (SSSR count). The van der Waals surface area contributed by atoms with Crippen LogP contribution in [0.5, 0.6) is 0 Å². The summed E-state index contributed by atoms with van der Waals surface area (Å²) in [4.78, 5) is 0. The summed E-state index contributed by atoms with van der Waals surface area (Å²) < 4.78 is 0. The van der Waals surface area contributed by atoms with Crippen LogP contribution in [-0.2, 0) is 6.16 Å². The van der Waals surface area contributed by atoms with E-state index in [4.69, 9.17) is 0 Å². The minimum absolute atomic E-state index is 1.08. The summed E-state index contributed by atoms with van der Waals surface area (Å²) in [7, 11) is 0. The third kappa shape index (κ3) is 5.82. The Labute approximate surface area is 143 Å². The first-order valence-corrected chi connectivity index (χ1v) is 12.3. The first-order valence-electron chi connectivity index (χ1n) is 9.35. The van der Waals surface area contributed by atoms with Gasteiger partial charge in [-0.3, -0.25) is 0 Å². The summed E-state index contributed by atoms with van der Waals surface area (Å²) in [6, 6.07) is 10.8. The molecule has 1 N–H and O–H groups in total. The van der Waals surface area contributed by atoms with Crippen LogP contribution in [0.15, 0.2) is 30.3 Å². The molecule has 0 aliphatic carbocycles. The summed E-state index contributed by atoms with van der Waals surface area (Å²) in [6.45, 7) is 4.54. The Bertz CT molecular complexity index is 454. The summed E-state index contributed by atoms with van der Waals surface area (Å²) in [5, 5.41) is 13.1. The number of benzene rings is 1. The van der Waals surface area contributed by atoms with Crippen LogP contribution in [0.25, 0.3) is 0 Å². The molecule has 0 spiro atoms. The van der Waals surface area contributed by atoms with Gasteiger partial charge in [-0.1, -0.05) is 0 Å². The van der Waals surface area contributed by atoms with Crippen molar-refractivity contribution in [2.75, 3.05) is 18.5 Å². The molecule has 0 unspecified atom stereocenters. The van der Waals surface area contributed by atoms with Gasteiger partial charge in [-0.25, -0.2) is 0 Å². The Morgan fingerprint density at radius 1 is 0.870 bits per heavy atom. The van der Waals surface area contributed by atoms with E-state index >= 15 is 0 Å². The van der Waals surface area contributed by atoms with Crippen molar-refractivity contribution in [1.29, 1.82) is 5.26 Å². The van der Waals surface area contributed by atoms with Crippen molar-refractivity contribution in [3.05, 3.63) is 35.9 Å². The molecule has 0 aliphatic heterocycles. The third-order valence-electron chi connectivity index (χ3n) is 5.10. The van der Waals surface area contributed by atoms with Crippen molar-refractivity contribution >= 4 is 6.75 Å². The zero-order chi connectivity index (χ0) is 17.0. The van der Waals surface area contributed by atoms with Crippen molar-refractivity contribution in [2.24, 2.45) is 0 Å². The summed E-state index contributed by atoms with van der Waals surface area (Å²) in [5.74, 6) is 0. The molecule has 0 fully saturated rings. The normalized spacial score (nSPS) is 13.0. The molecule has 2 nitrogen and oxygen atoms in total. The van der Waals surface area contributed by atoms with Gasteiger partial charge in [0.2, 0.25) is 0 Å². The van der Waals surface area contributed by atoms with Gasteiger partial charge in [0.05, 0.1) is 0 Å². The van der Waals surface area contributed by atoms with E-state index in [-0.39, 0.29) is 0 Å². The SMILES string of the molecule is CCCCP(CCCC)(CCCC)(Cc1ccccc1)NC#N. The van der Waals surface area contributed by atoms with E-state index in [0.717, 1.165) is 6.16 Å². The average Bonchev–Trinajstić information content (AvgIpc) is 2.58. The molecule has 0 saturated heterocycles. The van der Waals surface area contributed by atoms with E-state index < -0.39 is 6.75 Å². The van der Waals surface area contributed by atoms with Crippen LogP contribution in [0.1, 0.15) is 64.9 Å². The molecule has 0 amide bonds. The minimum atomic E-state index is -2.25. The Kier molecular flexibility index (Phi) is 8.64. The van der Waals surface area contributed by atoms with Crippen molar-refractivity contribution in [3.63, 3.8) is 0 Å². The zero-order valence-electron chi connectivity index (χ0n) is 15.4.